The Kier molecular flexibility index (Phi) is 36.2. The summed E-state index contributed by atoms with van der Waals surface area (Å²) in [4.78, 5) is 28.6. The molecular formula is H10Al2O6Si2. The Morgan fingerprint density at radius 3 is 0.700 bits per heavy atom. The highest BCUT2D eigenvalue weighted by Gasteiger charge is 1.85. The van der Waals surface area contributed by atoms with E-state index >= 15 is 0 Å². The maximum Gasteiger partial charge on any atom is 0.761 e. The molecule has 60 valence electrons. The van der Waals surface area contributed by atoms with Crippen molar-refractivity contribution in [1.29, 1.82) is 0 Å². The Labute approximate surface area is 81.2 Å². The van der Waals surface area contributed by atoms with Crippen molar-refractivity contribution in [2.75, 3.05) is 0 Å². The third-order valence-corrected chi connectivity index (χ3v) is 0. The average molecular weight is 216 g/mol. The highest BCUT2D eigenvalue weighted by Crippen LogP contribution is 1.27. The third kappa shape index (κ3) is 4950. The Morgan fingerprint density at radius 1 is 0.700 bits per heavy atom. The second kappa shape index (κ2) is 16.1. The summed E-state index contributed by atoms with van der Waals surface area (Å²) in [7, 11) is -6.26. The van der Waals surface area contributed by atoms with Crippen molar-refractivity contribution in [2.45, 2.75) is 0 Å². The van der Waals surface area contributed by atoms with E-state index in [4.69, 9.17) is 28.1 Å². The van der Waals surface area contributed by atoms with E-state index in [9.17, 15) is 0 Å². The fraction of sp³-hybridized carbons (Fsp3) is 0. The predicted octanol–water partition coefficient (Wildman–Crippen LogP) is -5.59. The van der Waals surface area contributed by atoms with Gasteiger partial charge in [0.05, 0.1) is 0 Å². The average Bonchev–Trinajstić information content (AvgIpc) is 1.25. The van der Waals surface area contributed by atoms with Gasteiger partial charge in [0, 0.05) is 0 Å². The van der Waals surface area contributed by atoms with Crippen LogP contribution in [0.3, 0.4) is 0 Å². The van der Waals surface area contributed by atoms with Crippen LogP contribution in [0.2, 0.25) is 0 Å². The molecule has 0 amide bonds. The zero-order valence-electron chi connectivity index (χ0n) is 3.61. The first kappa shape index (κ1) is 22.4. The Hall–Kier alpha value is 0.299. The maximum atomic E-state index is 8.74. The van der Waals surface area contributed by atoms with Gasteiger partial charge in [-0.1, -0.05) is 0 Å². The third-order valence-electron chi connectivity index (χ3n) is 0. The molecule has 0 aliphatic heterocycles. The standard InChI is InChI=1S/2Al.2H2O3Si.6H/c;;2*1-4(2)3;;;;;;/h;;2*1-2H;;;;;;. The first-order chi connectivity index (χ1) is 3.46. The molecule has 0 bridgehead atoms. The van der Waals surface area contributed by atoms with Gasteiger partial charge in [-0.15, -0.1) is 0 Å². The molecule has 0 aliphatic carbocycles. The van der Waals surface area contributed by atoms with Crippen molar-refractivity contribution in [3.05, 3.63) is 0 Å². The van der Waals surface area contributed by atoms with Gasteiger partial charge in [0.2, 0.25) is 0 Å². The van der Waals surface area contributed by atoms with E-state index in [0.717, 1.165) is 0 Å². The molecule has 0 unspecified atom stereocenters. The lowest BCUT2D eigenvalue weighted by Gasteiger charge is -1.55. The highest BCUT2D eigenvalue weighted by molar-refractivity contribution is 6.22. The molecule has 0 heterocycles. The SMILES string of the molecule is O=[Si](O)O.O=[Si](O)O.[AlH3].[AlH3]. The zero-order valence-corrected chi connectivity index (χ0v) is 5.61. The van der Waals surface area contributed by atoms with E-state index in [1.165, 1.54) is 0 Å². The fourth-order valence-corrected chi connectivity index (χ4v) is 0. The summed E-state index contributed by atoms with van der Waals surface area (Å²) in [5.74, 6) is 0. The molecule has 10 heteroatoms. The monoisotopic (exact) mass is 216 g/mol. The van der Waals surface area contributed by atoms with Gasteiger partial charge in [0.15, 0.2) is 34.7 Å². The molecule has 0 fully saturated rings. The molecule has 6 nitrogen and oxygen atoms in total. The van der Waals surface area contributed by atoms with E-state index in [-0.39, 0.29) is 34.7 Å². The van der Waals surface area contributed by atoms with Gasteiger partial charge in [0.25, 0.3) is 0 Å². The van der Waals surface area contributed by atoms with Crippen LogP contribution in [0.15, 0.2) is 0 Å². The Bertz CT molecular complexity index is 71.7. The first-order valence-electron chi connectivity index (χ1n) is 1.30. The number of rotatable bonds is 0. The minimum Gasteiger partial charge on any atom is -0.511 e. The normalized spacial score (nSPS) is 4.80. The summed E-state index contributed by atoms with van der Waals surface area (Å²) < 4.78 is 17.5. The number of hydrogen-bond acceptors (Lipinski definition) is 2. The summed E-state index contributed by atoms with van der Waals surface area (Å²) >= 11 is 0. The molecule has 0 saturated heterocycles. The van der Waals surface area contributed by atoms with Crippen molar-refractivity contribution >= 4 is 53.1 Å². The van der Waals surface area contributed by atoms with Gasteiger partial charge >= 0.3 is 18.3 Å². The van der Waals surface area contributed by atoms with Gasteiger partial charge in [-0.2, -0.15) is 0 Å². The minimum absolute atomic E-state index is 0. The summed E-state index contributed by atoms with van der Waals surface area (Å²) in [5.41, 5.74) is 0. The van der Waals surface area contributed by atoms with Crippen LogP contribution >= 0.6 is 0 Å². The molecule has 0 aliphatic rings. The van der Waals surface area contributed by atoms with E-state index in [1.807, 2.05) is 0 Å². The molecule has 0 rings (SSSR count). The molecule has 10 heavy (non-hydrogen) atoms. The van der Waals surface area contributed by atoms with Gasteiger partial charge < -0.3 is 19.2 Å². The molecule has 0 atom stereocenters. The molecular weight excluding hydrogens is 206 g/mol. The van der Waals surface area contributed by atoms with E-state index < -0.39 is 18.3 Å². The van der Waals surface area contributed by atoms with Crippen LogP contribution in [-0.2, 0) is 8.92 Å². The van der Waals surface area contributed by atoms with Crippen LogP contribution in [-0.4, -0.2) is 72.2 Å². The molecule has 4 N–H and O–H groups in total. The molecule has 0 aromatic heterocycles. The van der Waals surface area contributed by atoms with Crippen LogP contribution in [0.25, 0.3) is 0 Å². The second-order valence-corrected chi connectivity index (χ2v) is 1.70. The van der Waals surface area contributed by atoms with Crippen LogP contribution in [0.4, 0.5) is 0 Å². The van der Waals surface area contributed by atoms with Crippen LogP contribution < -0.4 is 0 Å². The van der Waals surface area contributed by atoms with E-state index in [0.29, 0.717) is 0 Å². The Morgan fingerprint density at radius 2 is 0.700 bits per heavy atom. The van der Waals surface area contributed by atoms with Crippen molar-refractivity contribution in [3.8, 4) is 0 Å². The largest absolute Gasteiger partial charge is 0.761 e. The lowest BCUT2D eigenvalue weighted by molar-refractivity contribution is 0.328. The second-order valence-electron chi connectivity index (χ2n) is 0.565. The lowest BCUT2D eigenvalue weighted by Crippen LogP contribution is -1.90. The maximum absolute atomic E-state index is 8.74. The molecule has 0 aromatic rings. The lowest BCUT2D eigenvalue weighted by atomic mass is 15.8. The molecule has 0 aromatic carbocycles. The van der Waals surface area contributed by atoms with Crippen LogP contribution in [0.5, 0.6) is 0 Å². The summed E-state index contributed by atoms with van der Waals surface area (Å²) in [6, 6.07) is 0. The van der Waals surface area contributed by atoms with Crippen molar-refractivity contribution < 1.29 is 28.1 Å². The molecule has 0 spiro atoms. The van der Waals surface area contributed by atoms with E-state index in [2.05, 4.69) is 0 Å². The molecule has 0 radical (unpaired) electrons. The highest BCUT2D eigenvalue weighted by atomic mass is 28.3. The van der Waals surface area contributed by atoms with Crippen LogP contribution in [0.1, 0.15) is 0 Å². The quantitative estimate of drug-likeness (QED) is 0.300. The summed E-state index contributed by atoms with van der Waals surface area (Å²) in [6.45, 7) is 0. The van der Waals surface area contributed by atoms with Crippen molar-refractivity contribution in [1.82, 2.24) is 0 Å². The van der Waals surface area contributed by atoms with Gasteiger partial charge in [-0.3, -0.25) is 8.92 Å². The number of hydrogen-bond donors (Lipinski definition) is 4. The summed E-state index contributed by atoms with van der Waals surface area (Å²) in [5, 5.41) is 0. The van der Waals surface area contributed by atoms with Crippen LogP contribution in [0, 0.1) is 0 Å². The fourth-order valence-electron chi connectivity index (χ4n) is 0. The molecule has 0 saturated carbocycles. The topological polar surface area (TPSA) is 115 Å². The predicted molar refractivity (Wildman–Crippen MR) is 41.6 cm³/mol. The van der Waals surface area contributed by atoms with Crippen molar-refractivity contribution in [2.24, 2.45) is 0 Å². The minimum atomic E-state index is -3.13. The van der Waals surface area contributed by atoms with E-state index in [1.54, 1.807) is 0 Å². The van der Waals surface area contributed by atoms with Gasteiger partial charge in [0.1, 0.15) is 0 Å². The first-order valence-corrected chi connectivity index (χ1v) is 3.91. The van der Waals surface area contributed by atoms with Gasteiger partial charge in [-0.25, -0.2) is 0 Å². The zero-order chi connectivity index (χ0) is 7.15. The van der Waals surface area contributed by atoms with Gasteiger partial charge in [-0.05, 0) is 0 Å². The summed E-state index contributed by atoms with van der Waals surface area (Å²) in [6.07, 6.45) is 0. The smallest absolute Gasteiger partial charge is 0.511 e. The van der Waals surface area contributed by atoms with Crippen molar-refractivity contribution in [3.63, 3.8) is 0 Å². The Balaban J connectivity index is -0.0000000300.